The van der Waals surface area contributed by atoms with Crippen LogP contribution in [0.25, 0.3) is 11.0 Å². The van der Waals surface area contributed by atoms with Gasteiger partial charge in [-0.25, -0.2) is 8.42 Å². The van der Waals surface area contributed by atoms with Crippen LogP contribution in [0.5, 0.6) is 0 Å². The van der Waals surface area contributed by atoms with Crippen molar-refractivity contribution in [2.45, 2.75) is 5.75 Å². The van der Waals surface area contributed by atoms with Gasteiger partial charge in [-0.15, -0.1) is 0 Å². The highest BCUT2D eigenvalue weighted by Gasteiger charge is 2.17. The lowest BCUT2D eigenvalue weighted by Gasteiger charge is -2.09. The number of rotatable bonds is 2. The first-order valence-corrected chi connectivity index (χ1v) is 7.81. The van der Waals surface area contributed by atoms with Crippen molar-refractivity contribution < 1.29 is 8.42 Å². The van der Waals surface area contributed by atoms with Crippen LogP contribution in [-0.2, 0) is 15.6 Å². The first-order valence-electron chi connectivity index (χ1n) is 5.00. The molecule has 2 N–H and O–H groups in total. The van der Waals surface area contributed by atoms with E-state index >= 15 is 0 Å². The summed E-state index contributed by atoms with van der Waals surface area (Å²) in [6.07, 6.45) is 1.03. The van der Waals surface area contributed by atoms with Gasteiger partial charge in [0, 0.05) is 11.8 Å². The van der Waals surface area contributed by atoms with E-state index in [-0.39, 0.29) is 26.6 Å². The van der Waals surface area contributed by atoms with E-state index in [4.69, 9.17) is 23.2 Å². The first-order chi connectivity index (χ1) is 8.69. The minimum atomic E-state index is -3.39. The van der Waals surface area contributed by atoms with E-state index < -0.39 is 26.7 Å². The lowest BCUT2D eigenvalue weighted by molar-refractivity contribution is 0.601. The molecule has 0 aliphatic rings. The topological polar surface area (TPSA) is 99.9 Å². The van der Waals surface area contributed by atoms with E-state index in [2.05, 4.69) is 9.97 Å². The van der Waals surface area contributed by atoms with Crippen molar-refractivity contribution in [1.82, 2.24) is 9.97 Å². The standard InChI is InChI=1S/C10H8Cl2N2O4S/c1-19(17,18)3-4-7(12)5(11)2-6-8(4)14-10(16)9(15)13-6/h2H,3H2,1H3,(H,13,15)(H,14,16). The van der Waals surface area contributed by atoms with Gasteiger partial charge in [-0.2, -0.15) is 0 Å². The highest BCUT2D eigenvalue weighted by molar-refractivity contribution is 7.89. The van der Waals surface area contributed by atoms with Gasteiger partial charge >= 0.3 is 11.1 Å². The minimum absolute atomic E-state index is 0.0299. The Labute approximate surface area is 117 Å². The number of hydrogen-bond donors (Lipinski definition) is 2. The molecule has 1 aromatic heterocycles. The molecule has 6 nitrogen and oxygen atoms in total. The fourth-order valence-corrected chi connectivity index (χ4v) is 3.00. The quantitative estimate of drug-likeness (QED) is 0.807. The molecule has 2 aromatic rings. The highest BCUT2D eigenvalue weighted by atomic mass is 35.5. The third kappa shape index (κ3) is 2.83. The fraction of sp³-hybridized carbons (Fsp3) is 0.200. The van der Waals surface area contributed by atoms with Crippen molar-refractivity contribution in [3.05, 3.63) is 42.4 Å². The first kappa shape index (κ1) is 14.1. The van der Waals surface area contributed by atoms with Crippen molar-refractivity contribution >= 4 is 44.1 Å². The van der Waals surface area contributed by atoms with Crippen LogP contribution in [0, 0.1) is 0 Å². The van der Waals surface area contributed by atoms with Crippen molar-refractivity contribution in [3.63, 3.8) is 0 Å². The number of aromatic nitrogens is 2. The van der Waals surface area contributed by atoms with Gasteiger partial charge in [-0.3, -0.25) is 9.59 Å². The van der Waals surface area contributed by atoms with Crippen LogP contribution in [0.3, 0.4) is 0 Å². The molecule has 1 aromatic carbocycles. The average Bonchev–Trinajstić information content (AvgIpc) is 2.27. The van der Waals surface area contributed by atoms with Crippen molar-refractivity contribution in [2.75, 3.05) is 6.26 Å². The van der Waals surface area contributed by atoms with Crippen LogP contribution >= 0.6 is 23.2 Å². The smallest absolute Gasteiger partial charge is 0.314 e. The maximum Gasteiger partial charge on any atom is 0.314 e. The summed E-state index contributed by atoms with van der Waals surface area (Å²) >= 11 is 11.8. The van der Waals surface area contributed by atoms with Crippen molar-refractivity contribution in [3.8, 4) is 0 Å². The second-order valence-electron chi connectivity index (χ2n) is 4.05. The number of H-pyrrole nitrogens is 2. The number of aromatic amines is 2. The fourth-order valence-electron chi connectivity index (χ4n) is 1.67. The molecule has 2 rings (SSSR count). The van der Waals surface area contributed by atoms with Gasteiger partial charge < -0.3 is 9.97 Å². The molecule has 102 valence electrons. The van der Waals surface area contributed by atoms with Crippen LogP contribution in [-0.4, -0.2) is 24.6 Å². The van der Waals surface area contributed by atoms with Crippen LogP contribution in [0.15, 0.2) is 15.7 Å². The molecule has 0 aliphatic heterocycles. The molecule has 0 atom stereocenters. The Balaban J connectivity index is 2.94. The van der Waals surface area contributed by atoms with Gasteiger partial charge in [0.2, 0.25) is 0 Å². The summed E-state index contributed by atoms with van der Waals surface area (Å²) in [6.45, 7) is 0. The van der Waals surface area contributed by atoms with Gasteiger partial charge in [-0.05, 0) is 6.07 Å². The van der Waals surface area contributed by atoms with E-state index in [1.54, 1.807) is 0 Å². The van der Waals surface area contributed by atoms with Crippen molar-refractivity contribution in [2.24, 2.45) is 0 Å². The third-order valence-corrected chi connectivity index (χ3v) is 4.06. The molecular weight excluding hydrogens is 315 g/mol. The van der Waals surface area contributed by atoms with Gasteiger partial charge in [0.1, 0.15) is 0 Å². The summed E-state index contributed by atoms with van der Waals surface area (Å²) in [6, 6.07) is 1.35. The molecular formula is C10H8Cl2N2O4S. The Kier molecular flexibility index (Phi) is 3.46. The molecule has 19 heavy (non-hydrogen) atoms. The Bertz CT molecular complexity index is 883. The summed E-state index contributed by atoms with van der Waals surface area (Å²) in [4.78, 5) is 27.2. The molecule has 0 amide bonds. The molecule has 0 saturated heterocycles. The zero-order chi connectivity index (χ0) is 14.4. The Morgan fingerprint density at radius 3 is 2.32 bits per heavy atom. The minimum Gasteiger partial charge on any atom is -0.316 e. The number of hydrogen-bond acceptors (Lipinski definition) is 4. The average molecular weight is 323 g/mol. The molecule has 0 saturated carbocycles. The molecule has 0 fully saturated rings. The lowest BCUT2D eigenvalue weighted by atomic mass is 10.2. The number of benzene rings is 1. The van der Waals surface area contributed by atoms with Crippen LogP contribution < -0.4 is 11.1 Å². The van der Waals surface area contributed by atoms with Gasteiger partial charge in [0.15, 0.2) is 9.84 Å². The highest BCUT2D eigenvalue weighted by Crippen LogP contribution is 2.31. The molecule has 0 spiro atoms. The summed E-state index contributed by atoms with van der Waals surface area (Å²) in [7, 11) is -3.39. The molecule has 1 heterocycles. The second-order valence-corrected chi connectivity index (χ2v) is 6.98. The molecule has 0 radical (unpaired) electrons. The maximum atomic E-state index is 11.4. The third-order valence-electron chi connectivity index (χ3n) is 2.42. The number of sulfone groups is 1. The largest absolute Gasteiger partial charge is 0.316 e. The van der Waals surface area contributed by atoms with Gasteiger partial charge in [0.25, 0.3) is 0 Å². The van der Waals surface area contributed by atoms with E-state index in [0.717, 1.165) is 6.26 Å². The summed E-state index contributed by atoms with van der Waals surface area (Å²) in [5.74, 6) is -0.398. The predicted molar refractivity (Wildman–Crippen MR) is 73.8 cm³/mol. The second kappa shape index (κ2) is 4.66. The van der Waals surface area contributed by atoms with E-state index in [1.807, 2.05) is 0 Å². The SMILES string of the molecule is CS(=O)(=O)Cc1c(Cl)c(Cl)cc2[nH]c(=O)c(=O)[nH]c12. The van der Waals surface area contributed by atoms with Crippen LogP contribution in [0.1, 0.15) is 5.56 Å². The van der Waals surface area contributed by atoms with Gasteiger partial charge in [0.05, 0.1) is 26.8 Å². The summed E-state index contributed by atoms with van der Waals surface area (Å²) in [5.41, 5.74) is -1.21. The maximum absolute atomic E-state index is 11.4. The lowest BCUT2D eigenvalue weighted by Crippen LogP contribution is -2.29. The molecule has 0 unspecified atom stereocenters. The molecule has 0 aliphatic carbocycles. The van der Waals surface area contributed by atoms with E-state index in [1.165, 1.54) is 6.07 Å². The zero-order valence-corrected chi connectivity index (χ0v) is 11.9. The van der Waals surface area contributed by atoms with E-state index in [0.29, 0.717) is 0 Å². The van der Waals surface area contributed by atoms with E-state index in [9.17, 15) is 18.0 Å². The monoisotopic (exact) mass is 322 g/mol. The van der Waals surface area contributed by atoms with Crippen LogP contribution in [0.4, 0.5) is 0 Å². The Morgan fingerprint density at radius 2 is 1.74 bits per heavy atom. The molecule has 9 heteroatoms. The zero-order valence-electron chi connectivity index (χ0n) is 9.58. The predicted octanol–water partition coefficient (Wildman–Crippen LogP) is 1.07. The Morgan fingerprint density at radius 1 is 1.16 bits per heavy atom. The number of fused-ring (bicyclic) bond motifs is 1. The van der Waals surface area contributed by atoms with Gasteiger partial charge in [-0.1, -0.05) is 23.2 Å². The number of nitrogens with one attached hydrogen (secondary N) is 2. The Hall–Kier alpha value is -1.31. The van der Waals surface area contributed by atoms with Crippen LogP contribution in [0.2, 0.25) is 10.0 Å². The normalized spacial score (nSPS) is 11.9. The van der Waals surface area contributed by atoms with Crippen molar-refractivity contribution in [1.29, 1.82) is 0 Å². The summed E-state index contributed by atoms with van der Waals surface area (Å²) < 4.78 is 22.8. The summed E-state index contributed by atoms with van der Waals surface area (Å²) in [5, 5.41) is 0.123. The number of halogens is 2. The molecule has 0 bridgehead atoms.